The lowest BCUT2D eigenvalue weighted by molar-refractivity contribution is 0.154. The molecule has 0 amide bonds. The van der Waals surface area contributed by atoms with E-state index >= 15 is 0 Å². The Hall–Kier alpha value is -1.20. The van der Waals surface area contributed by atoms with E-state index in [9.17, 15) is 0 Å². The molecular formula is C13H22N4O. The van der Waals surface area contributed by atoms with Crippen LogP contribution >= 0.6 is 0 Å². The number of hydrogen-bond acceptors (Lipinski definition) is 5. The Morgan fingerprint density at radius 1 is 1.39 bits per heavy atom. The van der Waals surface area contributed by atoms with Gasteiger partial charge < -0.3 is 15.0 Å². The van der Waals surface area contributed by atoms with Crippen molar-refractivity contribution in [1.29, 1.82) is 0 Å². The maximum Gasteiger partial charge on any atom is 0.151 e. The minimum Gasteiger partial charge on any atom is -0.380 e. The summed E-state index contributed by atoms with van der Waals surface area (Å²) in [6.07, 6.45) is 2.59. The minimum atomic E-state index is 0.709. The van der Waals surface area contributed by atoms with Gasteiger partial charge in [0.2, 0.25) is 0 Å². The van der Waals surface area contributed by atoms with Gasteiger partial charge in [-0.15, -0.1) is 5.10 Å². The maximum absolute atomic E-state index is 5.32. The number of nitrogens with one attached hydrogen (secondary N) is 1. The molecule has 1 aliphatic carbocycles. The smallest absolute Gasteiger partial charge is 0.151 e. The maximum atomic E-state index is 5.32. The van der Waals surface area contributed by atoms with E-state index in [-0.39, 0.29) is 0 Å². The third-order valence-corrected chi connectivity index (χ3v) is 3.02. The third-order valence-electron chi connectivity index (χ3n) is 3.02. The molecule has 18 heavy (non-hydrogen) atoms. The number of ether oxygens (including phenoxy) is 1. The van der Waals surface area contributed by atoms with Crippen molar-refractivity contribution in [3.8, 4) is 0 Å². The summed E-state index contributed by atoms with van der Waals surface area (Å²) in [5.41, 5.74) is 1.00. The summed E-state index contributed by atoms with van der Waals surface area (Å²) in [4.78, 5) is 2.06. The van der Waals surface area contributed by atoms with Crippen molar-refractivity contribution in [3.05, 3.63) is 17.8 Å². The molecule has 1 heterocycles. The molecule has 0 aromatic carbocycles. The van der Waals surface area contributed by atoms with E-state index in [1.54, 1.807) is 0 Å². The Morgan fingerprint density at radius 3 is 2.83 bits per heavy atom. The highest BCUT2D eigenvalue weighted by atomic mass is 16.5. The fraction of sp³-hybridized carbons (Fsp3) is 0.692. The van der Waals surface area contributed by atoms with Gasteiger partial charge in [-0.1, -0.05) is 0 Å². The first-order chi connectivity index (χ1) is 8.79. The topological polar surface area (TPSA) is 50.3 Å². The first kappa shape index (κ1) is 13.2. The zero-order valence-electron chi connectivity index (χ0n) is 11.2. The lowest BCUT2D eigenvalue weighted by Crippen LogP contribution is -2.24. The van der Waals surface area contributed by atoms with Crippen LogP contribution in [0.1, 0.15) is 25.5 Å². The van der Waals surface area contributed by atoms with Gasteiger partial charge in [0.25, 0.3) is 0 Å². The van der Waals surface area contributed by atoms with Crippen LogP contribution in [0.15, 0.2) is 12.1 Å². The highest BCUT2D eigenvalue weighted by Gasteiger charge is 2.20. The molecule has 1 fully saturated rings. The Bertz CT molecular complexity index is 351. The van der Waals surface area contributed by atoms with E-state index in [0.717, 1.165) is 37.8 Å². The lowest BCUT2D eigenvalue weighted by atomic mass is 10.3. The van der Waals surface area contributed by atoms with Crippen LogP contribution in [0, 0.1) is 0 Å². The van der Waals surface area contributed by atoms with Gasteiger partial charge in [0.05, 0.1) is 12.3 Å². The van der Waals surface area contributed by atoms with Crippen molar-refractivity contribution < 1.29 is 4.74 Å². The van der Waals surface area contributed by atoms with E-state index in [0.29, 0.717) is 6.04 Å². The van der Waals surface area contributed by atoms with Crippen molar-refractivity contribution in [2.75, 3.05) is 31.7 Å². The number of rotatable bonds is 8. The molecule has 1 aliphatic rings. The van der Waals surface area contributed by atoms with E-state index in [4.69, 9.17) is 4.74 Å². The molecule has 0 atom stereocenters. The van der Waals surface area contributed by atoms with Crippen molar-refractivity contribution >= 4 is 5.82 Å². The van der Waals surface area contributed by atoms with Crippen LogP contribution in [0.4, 0.5) is 5.82 Å². The number of likely N-dealkylation sites (N-methyl/N-ethyl adjacent to an activating group) is 1. The summed E-state index contributed by atoms with van der Waals surface area (Å²) in [7, 11) is 2.01. The normalized spacial score (nSPS) is 14.8. The standard InChI is InChI=1S/C13H22N4O/c1-3-18-9-8-17(2)13-7-6-12(15-16-13)10-14-11-4-5-11/h6-7,11,14H,3-5,8-10H2,1-2H3. The molecule has 5 nitrogen and oxygen atoms in total. The summed E-state index contributed by atoms with van der Waals surface area (Å²) >= 11 is 0. The largest absolute Gasteiger partial charge is 0.380 e. The second-order valence-electron chi connectivity index (χ2n) is 4.66. The second kappa shape index (κ2) is 6.66. The molecule has 1 aromatic rings. The van der Waals surface area contributed by atoms with E-state index in [2.05, 4.69) is 20.4 Å². The lowest BCUT2D eigenvalue weighted by Gasteiger charge is -2.17. The summed E-state index contributed by atoms with van der Waals surface area (Å²) < 4.78 is 5.32. The molecule has 0 aliphatic heterocycles. The molecule has 0 saturated heterocycles. The summed E-state index contributed by atoms with van der Waals surface area (Å²) in [6, 6.07) is 4.76. The average molecular weight is 250 g/mol. The molecule has 0 unspecified atom stereocenters. The second-order valence-corrected chi connectivity index (χ2v) is 4.66. The van der Waals surface area contributed by atoms with Gasteiger partial charge in [-0.25, -0.2) is 0 Å². The van der Waals surface area contributed by atoms with Gasteiger partial charge in [0.1, 0.15) is 0 Å². The third kappa shape index (κ3) is 4.23. The highest BCUT2D eigenvalue weighted by molar-refractivity contribution is 5.35. The Kier molecular flexibility index (Phi) is 4.90. The average Bonchev–Trinajstić information content (AvgIpc) is 3.21. The Balaban J connectivity index is 1.77. The molecule has 1 saturated carbocycles. The first-order valence-electron chi connectivity index (χ1n) is 6.64. The van der Waals surface area contributed by atoms with E-state index in [1.165, 1.54) is 12.8 Å². The molecular weight excluding hydrogens is 228 g/mol. The Labute approximate surface area is 109 Å². The van der Waals surface area contributed by atoms with Crippen LogP contribution in [0.3, 0.4) is 0 Å². The molecule has 1 N–H and O–H groups in total. The van der Waals surface area contributed by atoms with Crippen LogP contribution in [0.2, 0.25) is 0 Å². The number of hydrogen-bond donors (Lipinski definition) is 1. The predicted molar refractivity (Wildman–Crippen MR) is 71.7 cm³/mol. The zero-order chi connectivity index (χ0) is 12.8. The highest BCUT2D eigenvalue weighted by Crippen LogP contribution is 2.19. The van der Waals surface area contributed by atoms with E-state index < -0.39 is 0 Å². The molecule has 1 aromatic heterocycles. The van der Waals surface area contributed by atoms with Crippen LogP contribution in [-0.4, -0.2) is 43.0 Å². The molecule has 0 spiro atoms. The summed E-state index contributed by atoms with van der Waals surface area (Å²) in [6.45, 7) is 5.13. The molecule has 0 bridgehead atoms. The van der Waals surface area contributed by atoms with Gasteiger partial charge in [-0.2, -0.15) is 5.10 Å². The monoisotopic (exact) mass is 250 g/mol. The molecule has 0 radical (unpaired) electrons. The first-order valence-corrected chi connectivity index (χ1v) is 6.64. The zero-order valence-corrected chi connectivity index (χ0v) is 11.2. The van der Waals surface area contributed by atoms with Crippen molar-refractivity contribution in [1.82, 2.24) is 15.5 Å². The van der Waals surface area contributed by atoms with Crippen LogP contribution in [0.25, 0.3) is 0 Å². The van der Waals surface area contributed by atoms with Gasteiger partial charge in [0, 0.05) is 32.8 Å². The molecule has 2 rings (SSSR count). The van der Waals surface area contributed by atoms with Crippen molar-refractivity contribution in [2.45, 2.75) is 32.4 Å². The van der Waals surface area contributed by atoms with Crippen LogP contribution < -0.4 is 10.2 Å². The van der Waals surface area contributed by atoms with Crippen LogP contribution in [-0.2, 0) is 11.3 Å². The molecule has 5 heteroatoms. The SMILES string of the molecule is CCOCCN(C)c1ccc(CNC2CC2)nn1. The van der Waals surface area contributed by atoms with Gasteiger partial charge >= 0.3 is 0 Å². The quantitative estimate of drug-likeness (QED) is 0.703. The van der Waals surface area contributed by atoms with Crippen molar-refractivity contribution in [3.63, 3.8) is 0 Å². The summed E-state index contributed by atoms with van der Waals surface area (Å²) in [5.74, 6) is 0.893. The van der Waals surface area contributed by atoms with E-state index in [1.807, 2.05) is 26.1 Å². The minimum absolute atomic E-state index is 0.709. The number of aromatic nitrogens is 2. The number of nitrogens with zero attached hydrogens (tertiary/aromatic N) is 3. The van der Waals surface area contributed by atoms with Gasteiger partial charge in [-0.3, -0.25) is 0 Å². The number of anilines is 1. The summed E-state index contributed by atoms with van der Waals surface area (Å²) in [5, 5.41) is 11.9. The fourth-order valence-electron chi connectivity index (χ4n) is 1.65. The van der Waals surface area contributed by atoms with Gasteiger partial charge in [-0.05, 0) is 31.9 Å². The van der Waals surface area contributed by atoms with Crippen LogP contribution in [0.5, 0.6) is 0 Å². The van der Waals surface area contributed by atoms with Gasteiger partial charge in [0.15, 0.2) is 5.82 Å². The Morgan fingerprint density at radius 2 is 2.22 bits per heavy atom. The molecule has 100 valence electrons. The van der Waals surface area contributed by atoms with Crippen molar-refractivity contribution in [2.24, 2.45) is 0 Å². The predicted octanol–water partition coefficient (Wildman–Crippen LogP) is 1.20. The fourth-order valence-corrected chi connectivity index (χ4v) is 1.65.